The Morgan fingerprint density at radius 2 is 2.21 bits per heavy atom. The van der Waals surface area contributed by atoms with Crippen LogP contribution in [0, 0.1) is 11.7 Å². The van der Waals surface area contributed by atoms with Gasteiger partial charge in [-0.1, -0.05) is 20.3 Å². The lowest BCUT2D eigenvalue weighted by atomic mass is 10.0. The number of aliphatic hydroxyl groups is 1. The van der Waals surface area contributed by atoms with E-state index in [4.69, 9.17) is 0 Å². The van der Waals surface area contributed by atoms with Crippen LogP contribution in [0.4, 0.5) is 4.39 Å². The van der Waals surface area contributed by atoms with Crippen molar-refractivity contribution in [1.29, 1.82) is 0 Å². The third-order valence-corrected chi connectivity index (χ3v) is 3.94. The van der Waals surface area contributed by atoms with Crippen LogP contribution < -0.4 is 5.32 Å². The lowest BCUT2D eigenvalue weighted by Gasteiger charge is -2.17. The van der Waals surface area contributed by atoms with E-state index in [1.807, 2.05) is 13.8 Å². The van der Waals surface area contributed by atoms with E-state index in [2.05, 4.69) is 5.32 Å². The first-order valence-electron chi connectivity index (χ1n) is 6.29. The molecule has 0 bridgehead atoms. The van der Waals surface area contributed by atoms with Crippen LogP contribution in [0.15, 0.2) is 23.1 Å². The first-order chi connectivity index (χ1) is 8.99. The fourth-order valence-electron chi connectivity index (χ4n) is 1.57. The first-order valence-corrected chi connectivity index (χ1v) is 7.51. The second kappa shape index (κ2) is 7.50. The van der Waals surface area contributed by atoms with Gasteiger partial charge in [-0.2, -0.15) is 0 Å². The van der Waals surface area contributed by atoms with Gasteiger partial charge in [-0.25, -0.2) is 4.39 Å². The monoisotopic (exact) mass is 285 g/mol. The van der Waals surface area contributed by atoms with Crippen molar-refractivity contribution in [3.63, 3.8) is 0 Å². The molecule has 1 aromatic carbocycles. The van der Waals surface area contributed by atoms with E-state index in [9.17, 15) is 14.3 Å². The van der Waals surface area contributed by atoms with Crippen molar-refractivity contribution in [2.75, 3.05) is 12.8 Å². The molecule has 0 saturated carbocycles. The SMILES string of the molecule is CCC(C)C(O)CNC(=O)c1ccc(F)c(SC)c1. The minimum atomic E-state index is -0.561. The van der Waals surface area contributed by atoms with E-state index in [1.54, 1.807) is 6.26 Å². The van der Waals surface area contributed by atoms with Crippen LogP contribution in [0.1, 0.15) is 30.6 Å². The molecule has 3 nitrogen and oxygen atoms in total. The number of benzene rings is 1. The Hall–Kier alpha value is -1.07. The zero-order valence-electron chi connectivity index (χ0n) is 11.4. The minimum Gasteiger partial charge on any atom is -0.391 e. The summed E-state index contributed by atoms with van der Waals surface area (Å²) in [6.45, 7) is 4.13. The number of halogens is 1. The van der Waals surface area contributed by atoms with Crippen LogP contribution in [0.5, 0.6) is 0 Å². The topological polar surface area (TPSA) is 49.3 Å². The Labute approximate surface area is 117 Å². The average Bonchev–Trinajstić information content (AvgIpc) is 2.43. The lowest BCUT2D eigenvalue weighted by Crippen LogP contribution is -2.35. The zero-order valence-corrected chi connectivity index (χ0v) is 12.3. The summed E-state index contributed by atoms with van der Waals surface area (Å²) in [5, 5.41) is 12.4. The molecule has 0 aliphatic carbocycles. The average molecular weight is 285 g/mol. The maximum absolute atomic E-state index is 13.3. The number of thioether (sulfide) groups is 1. The van der Waals surface area contributed by atoms with Crippen molar-refractivity contribution < 1.29 is 14.3 Å². The van der Waals surface area contributed by atoms with Crippen LogP contribution in [-0.2, 0) is 0 Å². The van der Waals surface area contributed by atoms with Gasteiger partial charge in [-0.15, -0.1) is 11.8 Å². The van der Waals surface area contributed by atoms with Gasteiger partial charge < -0.3 is 10.4 Å². The predicted octanol–water partition coefficient (Wildman–Crippen LogP) is 2.68. The molecular weight excluding hydrogens is 265 g/mol. The standard InChI is InChI=1S/C14H20FNO2S/c1-4-9(2)12(17)8-16-14(18)10-5-6-11(15)13(7-10)19-3/h5-7,9,12,17H,4,8H2,1-3H3,(H,16,18). The summed E-state index contributed by atoms with van der Waals surface area (Å²) in [6.07, 6.45) is 2.05. The van der Waals surface area contributed by atoms with Gasteiger partial charge in [0.15, 0.2) is 0 Å². The largest absolute Gasteiger partial charge is 0.391 e. The van der Waals surface area contributed by atoms with Crippen LogP contribution >= 0.6 is 11.8 Å². The van der Waals surface area contributed by atoms with E-state index in [-0.39, 0.29) is 24.2 Å². The van der Waals surface area contributed by atoms with E-state index in [0.717, 1.165) is 6.42 Å². The summed E-state index contributed by atoms with van der Waals surface area (Å²) in [7, 11) is 0. The Balaban J connectivity index is 2.63. The minimum absolute atomic E-state index is 0.135. The highest BCUT2D eigenvalue weighted by molar-refractivity contribution is 7.98. The van der Waals surface area contributed by atoms with Crippen LogP contribution in [0.3, 0.4) is 0 Å². The number of aliphatic hydroxyl groups excluding tert-OH is 1. The third kappa shape index (κ3) is 4.51. The normalized spacial score (nSPS) is 13.9. The second-order valence-electron chi connectivity index (χ2n) is 4.51. The number of hydrogen-bond donors (Lipinski definition) is 2. The van der Waals surface area contributed by atoms with E-state index in [0.29, 0.717) is 10.5 Å². The van der Waals surface area contributed by atoms with Gasteiger partial charge in [-0.3, -0.25) is 4.79 Å². The van der Waals surface area contributed by atoms with Gasteiger partial charge in [0.25, 0.3) is 5.91 Å². The molecule has 19 heavy (non-hydrogen) atoms. The molecule has 2 N–H and O–H groups in total. The first kappa shape index (κ1) is 16.0. The molecule has 0 saturated heterocycles. The molecule has 0 heterocycles. The number of nitrogens with one attached hydrogen (secondary N) is 1. The third-order valence-electron chi connectivity index (χ3n) is 3.19. The molecule has 0 radical (unpaired) electrons. The lowest BCUT2D eigenvalue weighted by molar-refractivity contribution is 0.0850. The van der Waals surface area contributed by atoms with Gasteiger partial charge in [0.2, 0.25) is 0 Å². The molecule has 1 rings (SSSR count). The van der Waals surface area contributed by atoms with Crippen molar-refractivity contribution in [3.05, 3.63) is 29.6 Å². The molecule has 1 aromatic rings. The smallest absolute Gasteiger partial charge is 0.251 e. The van der Waals surface area contributed by atoms with Gasteiger partial charge in [0.05, 0.1) is 6.10 Å². The molecular formula is C14H20FNO2S. The van der Waals surface area contributed by atoms with Crippen LogP contribution in [0.25, 0.3) is 0 Å². The summed E-state index contributed by atoms with van der Waals surface area (Å²) in [5.41, 5.74) is 0.405. The summed E-state index contributed by atoms with van der Waals surface area (Å²) in [4.78, 5) is 12.3. The highest BCUT2D eigenvalue weighted by Crippen LogP contribution is 2.20. The summed E-state index contributed by atoms with van der Waals surface area (Å²) in [5.74, 6) is -0.489. The number of carbonyl (C=O) groups is 1. The van der Waals surface area contributed by atoms with Crippen molar-refractivity contribution in [3.8, 4) is 0 Å². The van der Waals surface area contributed by atoms with E-state index in [1.165, 1.54) is 30.0 Å². The molecule has 0 aliphatic rings. The molecule has 0 fully saturated rings. The molecule has 1 amide bonds. The Morgan fingerprint density at radius 1 is 1.53 bits per heavy atom. The van der Waals surface area contributed by atoms with Gasteiger partial charge >= 0.3 is 0 Å². The van der Waals surface area contributed by atoms with Crippen molar-refractivity contribution in [1.82, 2.24) is 5.32 Å². The molecule has 2 atom stereocenters. The highest BCUT2D eigenvalue weighted by atomic mass is 32.2. The molecule has 5 heteroatoms. The summed E-state index contributed by atoms with van der Waals surface area (Å²) >= 11 is 1.26. The van der Waals surface area contributed by atoms with E-state index >= 15 is 0 Å². The molecule has 2 unspecified atom stereocenters. The predicted molar refractivity (Wildman–Crippen MR) is 76.0 cm³/mol. The molecule has 0 aromatic heterocycles. The number of rotatable bonds is 6. The van der Waals surface area contributed by atoms with E-state index < -0.39 is 6.10 Å². The van der Waals surface area contributed by atoms with Crippen molar-refractivity contribution >= 4 is 17.7 Å². The highest BCUT2D eigenvalue weighted by Gasteiger charge is 2.14. The maximum Gasteiger partial charge on any atom is 0.251 e. The second-order valence-corrected chi connectivity index (χ2v) is 5.36. The number of hydrogen-bond acceptors (Lipinski definition) is 3. The number of carbonyl (C=O) groups excluding carboxylic acids is 1. The summed E-state index contributed by atoms with van der Waals surface area (Å²) < 4.78 is 13.3. The molecule has 0 aliphatic heterocycles. The fourth-order valence-corrected chi connectivity index (χ4v) is 2.08. The van der Waals surface area contributed by atoms with Gasteiger partial charge in [0, 0.05) is 17.0 Å². The van der Waals surface area contributed by atoms with Crippen LogP contribution in [0.2, 0.25) is 0 Å². The maximum atomic E-state index is 13.3. The number of amides is 1. The van der Waals surface area contributed by atoms with Gasteiger partial charge in [0.1, 0.15) is 5.82 Å². The zero-order chi connectivity index (χ0) is 14.4. The van der Waals surface area contributed by atoms with Crippen molar-refractivity contribution in [2.24, 2.45) is 5.92 Å². The quantitative estimate of drug-likeness (QED) is 0.790. The summed E-state index contributed by atoms with van der Waals surface area (Å²) in [6, 6.07) is 4.25. The van der Waals surface area contributed by atoms with Gasteiger partial charge in [-0.05, 0) is 30.4 Å². The Bertz CT molecular complexity index is 439. The Kier molecular flexibility index (Phi) is 6.31. The fraction of sp³-hybridized carbons (Fsp3) is 0.500. The Morgan fingerprint density at radius 3 is 2.79 bits per heavy atom. The molecule has 0 spiro atoms. The van der Waals surface area contributed by atoms with Crippen molar-refractivity contribution in [2.45, 2.75) is 31.3 Å². The molecule has 106 valence electrons. The van der Waals surface area contributed by atoms with Crippen LogP contribution in [-0.4, -0.2) is 29.9 Å².